The normalized spacial score (nSPS) is 12.4. The second-order valence-electron chi connectivity index (χ2n) is 9.05. The molecule has 0 aromatic heterocycles. The van der Waals surface area contributed by atoms with Crippen molar-refractivity contribution in [1.29, 1.82) is 0 Å². The third kappa shape index (κ3) is 14.7. The Morgan fingerprint density at radius 3 is 1.93 bits per heavy atom. The first-order valence-corrected chi connectivity index (χ1v) is 13.3. The van der Waals surface area contributed by atoms with Gasteiger partial charge in [0.05, 0.1) is 26.4 Å². The third-order valence-corrected chi connectivity index (χ3v) is 6.95. The number of quaternary nitrogens is 1. The van der Waals surface area contributed by atoms with Crippen LogP contribution in [0.2, 0.25) is 0 Å². The highest BCUT2D eigenvalue weighted by Gasteiger charge is 2.16. The van der Waals surface area contributed by atoms with Crippen molar-refractivity contribution in [3.63, 3.8) is 0 Å². The molecular weight excluding hydrogens is 380 g/mol. The summed E-state index contributed by atoms with van der Waals surface area (Å²) >= 11 is 0. The van der Waals surface area contributed by atoms with Crippen LogP contribution >= 0.6 is 0 Å². The van der Waals surface area contributed by atoms with E-state index < -0.39 is 10.0 Å². The highest BCUT2D eigenvalue weighted by molar-refractivity contribution is 7.89. The molecule has 0 aliphatic rings. The smallest absolute Gasteiger partial charge is 0.211 e. The summed E-state index contributed by atoms with van der Waals surface area (Å²) in [7, 11) is 1.28. The Morgan fingerprint density at radius 1 is 0.793 bits per heavy atom. The molecule has 0 spiro atoms. The number of hydrogen-bond acceptors (Lipinski definition) is 2. The van der Waals surface area contributed by atoms with Crippen molar-refractivity contribution in [1.82, 2.24) is 4.72 Å². The quantitative estimate of drug-likeness (QED) is 0.249. The topological polar surface area (TPSA) is 46.2 Å². The van der Waals surface area contributed by atoms with Gasteiger partial charge in [0.2, 0.25) is 10.0 Å². The zero-order chi connectivity index (χ0) is 21.4. The van der Waals surface area contributed by atoms with E-state index in [-0.39, 0.29) is 5.75 Å². The average Bonchev–Trinajstić information content (AvgIpc) is 2.67. The SMILES string of the molecule is CCCCCCCCCCCCS(=O)(=O)NCCC[N+](C)(C)Cc1ccccc1. The second-order valence-corrected chi connectivity index (χ2v) is 11.0. The molecular formula is C24H45N2O2S+. The maximum absolute atomic E-state index is 12.2. The van der Waals surface area contributed by atoms with Gasteiger partial charge in [-0.15, -0.1) is 0 Å². The molecule has 0 radical (unpaired) electrons. The summed E-state index contributed by atoms with van der Waals surface area (Å²) in [5.41, 5.74) is 1.32. The Bertz CT molecular complexity index is 615. The van der Waals surface area contributed by atoms with E-state index in [4.69, 9.17) is 0 Å². The van der Waals surface area contributed by atoms with Gasteiger partial charge in [-0.25, -0.2) is 13.1 Å². The van der Waals surface area contributed by atoms with Crippen molar-refractivity contribution >= 4 is 10.0 Å². The first kappa shape index (κ1) is 26.1. The van der Waals surface area contributed by atoms with E-state index in [1.807, 2.05) is 6.07 Å². The van der Waals surface area contributed by atoms with Crippen LogP contribution in [0.1, 0.15) is 83.1 Å². The Morgan fingerprint density at radius 2 is 1.34 bits per heavy atom. The number of hydrogen-bond donors (Lipinski definition) is 1. The molecule has 0 unspecified atom stereocenters. The van der Waals surface area contributed by atoms with Crippen LogP contribution in [0.5, 0.6) is 0 Å². The summed E-state index contributed by atoms with van der Waals surface area (Å²) in [6.07, 6.45) is 13.1. The van der Waals surface area contributed by atoms with Crippen molar-refractivity contribution < 1.29 is 12.9 Å². The number of rotatable bonds is 18. The Hall–Kier alpha value is -0.910. The summed E-state index contributed by atoms with van der Waals surface area (Å²) in [4.78, 5) is 0. The molecule has 0 aliphatic heterocycles. The molecule has 1 rings (SSSR count). The van der Waals surface area contributed by atoms with E-state index in [1.54, 1.807) is 0 Å². The minimum atomic E-state index is -3.12. The summed E-state index contributed by atoms with van der Waals surface area (Å²) < 4.78 is 28.0. The highest BCUT2D eigenvalue weighted by atomic mass is 32.2. The predicted molar refractivity (Wildman–Crippen MR) is 125 cm³/mol. The summed E-state index contributed by atoms with van der Waals surface area (Å²) in [6.45, 7) is 4.70. The van der Waals surface area contributed by atoms with E-state index in [9.17, 15) is 8.42 Å². The molecule has 0 fully saturated rings. The maximum atomic E-state index is 12.2. The lowest BCUT2D eigenvalue weighted by molar-refractivity contribution is -0.903. The van der Waals surface area contributed by atoms with Gasteiger partial charge in [-0.3, -0.25) is 0 Å². The predicted octanol–water partition coefficient (Wildman–Crippen LogP) is 5.49. The number of unbranched alkanes of at least 4 members (excludes halogenated alkanes) is 9. The molecule has 0 saturated heterocycles. The number of nitrogens with one attached hydrogen (secondary N) is 1. The molecule has 5 heteroatoms. The standard InChI is InChI=1S/C24H45N2O2S/c1-4-5-6-7-8-9-10-11-12-16-22-29(27,28)25-20-17-21-26(2,3)23-24-18-14-13-15-19-24/h13-15,18-19,25H,4-12,16-17,20-23H2,1-3H3/q+1. The van der Waals surface area contributed by atoms with Gasteiger partial charge >= 0.3 is 0 Å². The molecule has 0 saturated carbocycles. The van der Waals surface area contributed by atoms with Crippen molar-refractivity contribution in [2.45, 2.75) is 84.1 Å². The summed E-state index contributed by atoms with van der Waals surface area (Å²) in [6, 6.07) is 10.5. The lowest BCUT2D eigenvalue weighted by Crippen LogP contribution is -2.41. The summed E-state index contributed by atoms with van der Waals surface area (Å²) in [5, 5.41) is 0. The van der Waals surface area contributed by atoms with Crippen molar-refractivity contribution in [3.8, 4) is 0 Å². The molecule has 0 atom stereocenters. The van der Waals surface area contributed by atoms with Crippen LogP contribution in [0.3, 0.4) is 0 Å². The molecule has 4 nitrogen and oxygen atoms in total. The molecule has 1 aromatic rings. The Labute approximate surface area is 180 Å². The molecule has 1 N–H and O–H groups in total. The molecule has 168 valence electrons. The number of nitrogens with zero attached hydrogens (tertiary/aromatic N) is 1. The first-order chi connectivity index (χ1) is 13.8. The van der Waals surface area contributed by atoms with Gasteiger partial charge in [0.25, 0.3) is 0 Å². The van der Waals surface area contributed by atoms with Crippen LogP contribution in [-0.4, -0.2) is 45.8 Å². The van der Waals surface area contributed by atoms with Crippen LogP contribution in [-0.2, 0) is 16.6 Å². The van der Waals surface area contributed by atoms with Gasteiger partial charge in [-0.1, -0.05) is 95.0 Å². The molecule has 0 aliphatic carbocycles. The Kier molecular flexibility index (Phi) is 13.5. The van der Waals surface area contributed by atoms with Crippen LogP contribution in [0.4, 0.5) is 0 Å². The molecule has 0 heterocycles. The average molecular weight is 426 g/mol. The minimum absolute atomic E-state index is 0.270. The Balaban J connectivity index is 2.05. The van der Waals surface area contributed by atoms with Crippen LogP contribution in [0, 0.1) is 0 Å². The van der Waals surface area contributed by atoms with Gasteiger partial charge in [0, 0.05) is 18.5 Å². The van der Waals surface area contributed by atoms with E-state index >= 15 is 0 Å². The maximum Gasteiger partial charge on any atom is 0.211 e. The minimum Gasteiger partial charge on any atom is -0.325 e. The fourth-order valence-electron chi connectivity index (χ4n) is 3.74. The number of sulfonamides is 1. The van der Waals surface area contributed by atoms with E-state index in [0.29, 0.717) is 6.54 Å². The number of benzene rings is 1. The third-order valence-electron chi connectivity index (χ3n) is 5.48. The molecule has 29 heavy (non-hydrogen) atoms. The molecule has 0 bridgehead atoms. The molecule has 0 amide bonds. The van der Waals surface area contributed by atoms with Crippen LogP contribution < -0.4 is 4.72 Å². The largest absolute Gasteiger partial charge is 0.325 e. The van der Waals surface area contributed by atoms with E-state index in [0.717, 1.165) is 43.3 Å². The van der Waals surface area contributed by atoms with Crippen LogP contribution in [0.25, 0.3) is 0 Å². The van der Waals surface area contributed by atoms with Gasteiger partial charge in [-0.05, 0) is 6.42 Å². The van der Waals surface area contributed by atoms with Gasteiger partial charge in [-0.2, -0.15) is 0 Å². The fraction of sp³-hybridized carbons (Fsp3) is 0.750. The summed E-state index contributed by atoms with van der Waals surface area (Å²) in [5.74, 6) is 0.270. The van der Waals surface area contributed by atoms with Crippen molar-refractivity contribution in [2.24, 2.45) is 0 Å². The van der Waals surface area contributed by atoms with Crippen LogP contribution in [0.15, 0.2) is 30.3 Å². The molecule has 1 aromatic carbocycles. The van der Waals surface area contributed by atoms with Crippen molar-refractivity contribution in [3.05, 3.63) is 35.9 Å². The highest BCUT2D eigenvalue weighted by Crippen LogP contribution is 2.11. The van der Waals surface area contributed by atoms with Gasteiger partial charge < -0.3 is 4.48 Å². The second kappa shape index (κ2) is 15.0. The van der Waals surface area contributed by atoms with Gasteiger partial charge in [0.1, 0.15) is 6.54 Å². The van der Waals surface area contributed by atoms with Gasteiger partial charge in [0.15, 0.2) is 0 Å². The lowest BCUT2D eigenvalue weighted by atomic mass is 10.1. The van der Waals surface area contributed by atoms with Crippen molar-refractivity contribution in [2.75, 3.05) is 32.9 Å². The monoisotopic (exact) mass is 425 g/mol. The van der Waals surface area contributed by atoms with E-state index in [1.165, 1.54) is 50.5 Å². The van der Waals surface area contributed by atoms with E-state index in [2.05, 4.69) is 50.0 Å². The zero-order valence-corrected chi connectivity index (χ0v) is 20.0. The first-order valence-electron chi connectivity index (χ1n) is 11.7. The lowest BCUT2D eigenvalue weighted by Gasteiger charge is -2.30. The fourth-order valence-corrected chi connectivity index (χ4v) is 4.93. The zero-order valence-electron chi connectivity index (χ0n) is 19.2.